The molecular weight excluding hydrogens is 727 g/mol. The Morgan fingerprint density at radius 2 is 0.759 bits per heavy atom. The van der Waals surface area contributed by atoms with Gasteiger partial charge in [-0.2, -0.15) is 0 Å². The van der Waals surface area contributed by atoms with E-state index < -0.39 is 18.1 Å². The molecule has 2 atom stereocenters. The maximum atomic E-state index is 12.7. The van der Waals surface area contributed by atoms with Gasteiger partial charge in [0, 0.05) is 19.3 Å². The van der Waals surface area contributed by atoms with Crippen molar-refractivity contribution in [1.29, 1.82) is 0 Å². The van der Waals surface area contributed by atoms with Crippen molar-refractivity contribution < 1.29 is 38.2 Å². The van der Waals surface area contributed by atoms with E-state index >= 15 is 0 Å². The van der Waals surface area contributed by atoms with E-state index in [9.17, 15) is 19.5 Å². The summed E-state index contributed by atoms with van der Waals surface area (Å²) < 4.78 is 17.3. The maximum absolute atomic E-state index is 12.7. The van der Waals surface area contributed by atoms with Crippen LogP contribution in [-0.2, 0) is 28.6 Å². The molecule has 0 aliphatic rings. The monoisotopic (exact) mass is 825 g/mol. The second-order valence-electron chi connectivity index (χ2n) is 18.4. The molecule has 0 aromatic rings. The van der Waals surface area contributed by atoms with Crippen molar-refractivity contribution in [2.24, 2.45) is 0 Å². The Morgan fingerprint density at radius 1 is 0.448 bits per heavy atom. The molecule has 0 aliphatic carbocycles. The minimum absolute atomic E-state index is 0.0415. The van der Waals surface area contributed by atoms with Gasteiger partial charge >= 0.3 is 17.9 Å². The van der Waals surface area contributed by atoms with Crippen LogP contribution < -0.4 is 0 Å². The Kier molecular flexibility index (Phi) is 40.8. The van der Waals surface area contributed by atoms with Gasteiger partial charge in [0.2, 0.25) is 0 Å². The molecule has 0 bridgehead atoms. The van der Waals surface area contributed by atoms with E-state index in [1.54, 1.807) is 0 Å². The number of esters is 2. The third-order valence-electron chi connectivity index (χ3n) is 11.8. The number of carboxylic acid groups (broad SMARTS) is 1. The zero-order valence-electron chi connectivity index (χ0n) is 39.3. The highest BCUT2D eigenvalue weighted by Crippen LogP contribution is 2.17. The number of carbonyl (C=O) groups excluding carboxylic acids is 2. The van der Waals surface area contributed by atoms with E-state index in [0.29, 0.717) is 19.3 Å². The third kappa shape index (κ3) is 39.8. The molecule has 0 rings (SSSR count). The molecule has 0 aliphatic heterocycles. The standard InChI is InChI=1S/C50H97NO7/c1-6-8-10-12-14-16-18-20-21-22-23-24-25-26-27-29-30-32-34-36-38-40-48(52)57-45-46(44-56-43-42-47(50(54)55)51(3,4)5)58-49(53)41-39-37-35-33-31-28-19-17-15-13-11-9-7-2/h46-47H,6-45H2,1-5H3/p+1. The van der Waals surface area contributed by atoms with Crippen LogP contribution in [0.15, 0.2) is 0 Å². The number of hydrogen-bond acceptors (Lipinski definition) is 6. The topological polar surface area (TPSA) is 99.1 Å². The van der Waals surface area contributed by atoms with E-state index in [1.807, 2.05) is 21.1 Å². The van der Waals surface area contributed by atoms with Gasteiger partial charge in [-0.05, 0) is 12.8 Å². The van der Waals surface area contributed by atoms with Crippen LogP contribution in [0.5, 0.6) is 0 Å². The van der Waals surface area contributed by atoms with Crippen molar-refractivity contribution in [3.63, 3.8) is 0 Å². The Balaban J connectivity index is 4.15. The lowest BCUT2D eigenvalue weighted by atomic mass is 10.0. The predicted octanol–water partition coefficient (Wildman–Crippen LogP) is 14.1. The number of carbonyl (C=O) groups is 3. The Morgan fingerprint density at radius 3 is 1.07 bits per heavy atom. The number of unbranched alkanes of at least 4 members (excludes halogenated alkanes) is 32. The van der Waals surface area contributed by atoms with E-state index in [-0.39, 0.29) is 36.2 Å². The van der Waals surface area contributed by atoms with Gasteiger partial charge in [-0.15, -0.1) is 0 Å². The molecule has 0 spiro atoms. The number of likely N-dealkylation sites (N-methyl/N-ethyl adjacent to an activating group) is 1. The number of carboxylic acids is 1. The molecular formula is C50H98NO7+. The summed E-state index contributed by atoms with van der Waals surface area (Å²) in [5, 5.41) is 9.63. The molecule has 0 amide bonds. The fourth-order valence-corrected chi connectivity index (χ4v) is 7.86. The zero-order valence-corrected chi connectivity index (χ0v) is 39.3. The molecule has 58 heavy (non-hydrogen) atoms. The summed E-state index contributed by atoms with van der Waals surface area (Å²) in [7, 11) is 5.55. The summed E-state index contributed by atoms with van der Waals surface area (Å²) in [4.78, 5) is 37.1. The number of hydrogen-bond donors (Lipinski definition) is 1. The van der Waals surface area contributed by atoms with Crippen LogP contribution in [0, 0.1) is 0 Å². The number of aliphatic carboxylic acids is 1. The van der Waals surface area contributed by atoms with Crippen molar-refractivity contribution >= 4 is 17.9 Å². The molecule has 0 aromatic carbocycles. The average molecular weight is 825 g/mol. The molecule has 0 saturated carbocycles. The van der Waals surface area contributed by atoms with Crippen molar-refractivity contribution in [3.05, 3.63) is 0 Å². The van der Waals surface area contributed by atoms with E-state index in [2.05, 4.69) is 13.8 Å². The van der Waals surface area contributed by atoms with Crippen molar-refractivity contribution in [1.82, 2.24) is 0 Å². The summed E-state index contributed by atoms with van der Waals surface area (Å²) in [5.41, 5.74) is 0. The molecule has 344 valence electrons. The summed E-state index contributed by atoms with van der Waals surface area (Å²) >= 11 is 0. The van der Waals surface area contributed by atoms with Crippen LogP contribution in [0.4, 0.5) is 0 Å². The highest BCUT2D eigenvalue weighted by Gasteiger charge is 2.31. The number of nitrogens with zero attached hydrogens (tertiary/aromatic N) is 1. The minimum Gasteiger partial charge on any atom is -0.477 e. The quantitative estimate of drug-likeness (QED) is 0.0371. The lowest BCUT2D eigenvalue weighted by molar-refractivity contribution is -0.887. The van der Waals surface area contributed by atoms with E-state index in [4.69, 9.17) is 14.2 Å². The van der Waals surface area contributed by atoms with Gasteiger partial charge in [-0.1, -0.05) is 219 Å². The molecule has 8 nitrogen and oxygen atoms in total. The van der Waals surface area contributed by atoms with Gasteiger partial charge in [-0.3, -0.25) is 9.59 Å². The van der Waals surface area contributed by atoms with E-state index in [1.165, 1.54) is 180 Å². The van der Waals surface area contributed by atoms with Crippen molar-refractivity contribution in [2.75, 3.05) is 41.0 Å². The van der Waals surface area contributed by atoms with Gasteiger partial charge in [-0.25, -0.2) is 4.79 Å². The van der Waals surface area contributed by atoms with Gasteiger partial charge < -0.3 is 23.8 Å². The summed E-state index contributed by atoms with van der Waals surface area (Å²) in [5.74, 6) is -1.44. The van der Waals surface area contributed by atoms with Crippen LogP contribution in [-0.4, -0.2) is 80.6 Å². The summed E-state index contributed by atoms with van der Waals surface area (Å²) in [6.07, 6.45) is 44.3. The summed E-state index contributed by atoms with van der Waals surface area (Å²) in [6, 6.07) is -0.608. The highest BCUT2D eigenvalue weighted by atomic mass is 16.6. The van der Waals surface area contributed by atoms with Crippen molar-refractivity contribution in [2.45, 2.75) is 264 Å². The molecule has 0 fully saturated rings. The zero-order chi connectivity index (χ0) is 42.8. The SMILES string of the molecule is CCCCCCCCCCCCCCCCCCCCCCCC(=O)OCC(COCCC(C(=O)O)[N+](C)(C)C)OC(=O)CCCCCCCCCCCCCCC. The number of quaternary nitrogens is 1. The fraction of sp³-hybridized carbons (Fsp3) is 0.940. The molecule has 2 unspecified atom stereocenters. The minimum atomic E-state index is -0.869. The van der Waals surface area contributed by atoms with Crippen LogP contribution in [0.25, 0.3) is 0 Å². The Labute approximate surface area is 359 Å². The largest absolute Gasteiger partial charge is 0.477 e. The highest BCUT2D eigenvalue weighted by molar-refractivity contribution is 5.72. The average Bonchev–Trinajstić information content (AvgIpc) is 3.18. The number of rotatable bonds is 46. The van der Waals surface area contributed by atoms with Gasteiger partial charge in [0.25, 0.3) is 0 Å². The molecule has 0 aromatic heterocycles. The lowest BCUT2D eigenvalue weighted by Gasteiger charge is -2.31. The van der Waals surface area contributed by atoms with E-state index in [0.717, 1.165) is 38.5 Å². The fourth-order valence-electron chi connectivity index (χ4n) is 7.86. The molecule has 8 heteroatoms. The first kappa shape index (κ1) is 56.3. The second-order valence-corrected chi connectivity index (χ2v) is 18.4. The van der Waals surface area contributed by atoms with Crippen molar-refractivity contribution in [3.8, 4) is 0 Å². The molecule has 0 heterocycles. The van der Waals surface area contributed by atoms with Crippen LogP contribution in [0.2, 0.25) is 0 Å². The van der Waals surface area contributed by atoms with Gasteiger partial charge in [0.05, 0.1) is 34.4 Å². The lowest BCUT2D eigenvalue weighted by Crippen LogP contribution is -2.50. The summed E-state index contributed by atoms with van der Waals surface area (Å²) in [6.45, 7) is 4.79. The van der Waals surface area contributed by atoms with Gasteiger partial charge in [0.15, 0.2) is 12.1 Å². The normalized spacial score (nSPS) is 12.8. The van der Waals surface area contributed by atoms with Crippen LogP contribution in [0.1, 0.15) is 251 Å². The Bertz CT molecular complexity index is 920. The first-order valence-electron chi connectivity index (χ1n) is 25.1. The first-order chi connectivity index (χ1) is 28.1. The van der Waals surface area contributed by atoms with Gasteiger partial charge in [0.1, 0.15) is 6.61 Å². The first-order valence-corrected chi connectivity index (χ1v) is 25.1. The smallest absolute Gasteiger partial charge is 0.362 e. The maximum Gasteiger partial charge on any atom is 0.362 e. The number of ether oxygens (including phenoxy) is 3. The van der Waals surface area contributed by atoms with Crippen LogP contribution in [0.3, 0.4) is 0 Å². The third-order valence-corrected chi connectivity index (χ3v) is 11.8. The van der Waals surface area contributed by atoms with Crippen LogP contribution >= 0.6 is 0 Å². The Hall–Kier alpha value is -1.67. The molecule has 0 saturated heterocycles. The predicted molar refractivity (Wildman–Crippen MR) is 243 cm³/mol. The second kappa shape index (κ2) is 42.0. The molecule has 1 N–H and O–H groups in total. The molecule has 0 radical (unpaired) electrons.